The molecule has 2 fully saturated rings. The van der Waals surface area contributed by atoms with Crippen LogP contribution < -0.4 is 10.9 Å². The molecule has 0 aliphatic carbocycles. The molecule has 1 aromatic carbocycles. The van der Waals surface area contributed by atoms with E-state index in [9.17, 15) is 9.18 Å². The van der Waals surface area contributed by atoms with E-state index in [4.69, 9.17) is 0 Å². The Labute approximate surface area is 155 Å². The second kappa shape index (κ2) is 8.46. The van der Waals surface area contributed by atoms with Gasteiger partial charge in [-0.15, -0.1) is 0 Å². The first-order valence-electron chi connectivity index (χ1n) is 9.68. The molecule has 1 aromatic rings. The Balaban J connectivity index is 1.56. The van der Waals surface area contributed by atoms with Crippen molar-refractivity contribution in [1.29, 1.82) is 0 Å². The molecule has 5 nitrogen and oxygen atoms in total. The maximum atomic E-state index is 13.2. The van der Waals surface area contributed by atoms with Gasteiger partial charge in [0.25, 0.3) is 0 Å². The van der Waals surface area contributed by atoms with Crippen LogP contribution in [0.3, 0.4) is 0 Å². The number of nitrogens with zero attached hydrogens (tertiary/aromatic N) is 2. The zero-order chi connectivity index (χ0) is 18.7. The van der Waals surface area contributed by atoms with Crippen LogP contribution in [-0.4, -0.2) is 55.0 Å². The second-order valence-electron chi connectivity index (χ2n) is 7.94. The first kappa shape index (κ1) is 19.3. The van der Waals surface area contributed by atoms with Crippen molar-refractivity contribution in [2.45, 2.75) is 38.8 Å². The number of carbonyl (C=O) groups is 1. The zero-order valence-corrected chi connectivity index (χ0v) is 16.0. The van der Waals surface area contributed by atoms with E-state index in [2.05, 4.69) is 29.6 Å². The average Bonchev–Trinajstić information content (AvgIpc) is 3.09. The highest BCUT2D eigenvalue weighted by Gasteiger charge is 2.33. The van der Waals surface area contributed by atoms with Gasteiger partial charge in [-0.1, -0.05) is 12.1 Å². The quantitative estimate of drug-likeness (QED) is 0.843. The molecule has 0 aromatic heterocycles. The molecule has 2 N–H and O–H groups in total. The van der Waals surface area contributed by atoms with Gasteiger partial charge in [-0.25, -0.2) is 9.82 Å². The van der Waals surface area contributed by atoms with Gasteiger partial charge in [0.1, 0.15) is 5.82 Å². The summed E-state index contributed by atoms with van der Waals surface area (Å²) in [5.41, 5.74) is 7.51. The Hall–Kier alpha value is -1.50. The van der Waals surface area contributed by atoms with E-state index in [1.165, 1.54) is 12.1 Å². The molecule has 2 atom stereocenters. The third-order valence-corrected chi connectivity index (χ3v) is 5.82. The number of halogens is 1. The van der Waals surface area contributed by atoms with Crippen LogP contribution >= 0.6 is 0 Å². The van der Waals surface area contributed by atoms with Gasteiger partial charge in [0.15, 0.2) is 0 Å². The molecule has 0 bridgehead atoms. The molecule has 144 valence electrons. The summed E-state index contributed by atoms with van der Waals surface area (Å²) in [6, 6.07) is 7.25. The minimum atomic E-state index is -0.226. The Morgan fingerprint density at radius 2 is 1.92 bits per heavy atom. The van der Waals surface area contributed by atoms with Gasteiger partial charge < -0.3 is 9.80 Å². The van der Waals surface area contributed by atoms with Gasteiger partial charge in [0.2, 0.25) is 5.91 Å². The maximum absolute atomic E-state index is 13.2. The lowest BCUT2D eigenvalue weighted by molar-refractivity contribution is -0.136. The number of rotatable bonds is 5. The van der Waals surface area contributed by atoms with Gasteiger partial charge in [0, 0.05) is 38.0 Å². The summed E-state index contributed by atoms with van der Waals surface area (Å²) in [5.74, 6) is 0.446. The van der Waals surface area contributed by atoms with Gasteiger partial charge >= 0.3 is 0 Å². The van der Waals surface area contributed by atoms with E-state index in [-0.39, 0.29) is 29.6 Å². The number of hydrogen-bond donors (Lipinski definition) is 2. The highest BCUT2D eigenvalue weighted by molar-refractivity contribution is 5.78. The first-order valence-corrected chi connectivity index (χ1v) is 9.68. The molecular formula is C20H31FN4O. The van der Waals surface area contributed by atoms with E-state index in [1.807, 2.05) is 24.1 Å². The van der Waals surface area contributed by atoms with Gasteiger partial charge in [-0.2, -0.15) is 0 Å². The average molecular weight is 362 g/mol. The fourth-order valence-corrected chi connectivity index (χ4v) is 4.15. The third kappa shape index (κ3) is 4.42. The van der Waals surface area contributed by atoms with Crippen molar-refractivity contribution in [3.8, 4) is 0 Å². The molecule has 1 amide bonds. The summed E-state index contributed by atoms with van der Waals surface area (Å²) in [6.45, 7) is 7.93. The zero-order valence-electron chi connectivity index (χ0n) is 16.0. The summed E-state index contributed by atoms with van der Waals surface area (Å²) in [7, 11) is 1.91. The van der Waals surface area contributed by atoms with Gasteiger partial charge in [-0.3, -0.25) is 10.2 Å². The van der Waals surface area contributed by atoms with E-state index < -0.39 is 0 Å². The topological polar surface area (TPSA) is 47.6 Å². The van der Waals surface area contributed by atoms with E-state index in [1.54, 1.807) is 0 Å². The van der Waals surface area contributed by atoms with E-state index >= 15 is 0 Å². The van der Waals surface area contributed by atoms with Crippen molar-refractivity contribution in [1.82, 2.24) is 20.7 Å². The Morgan fingerprint density at radius 3 is 2.54 bits per heavy atom. The lowest BCUT2D eigenvalue weighted by atomic mass is 9.92. The monoisotopic (exact) mass is 362 g/mol. The Kier molecular flexibility index (Phi) is 6.27. The lowest BCUT2D eigenvalue weighted by Crippen LogP contribution is -2.44. The number of likely N-dealkylation sites (tertiary alicyclic amines) is 1. The van der Waals surface area contributed by atoms with Gasteiger partial charge in [-0.05, 0) is 57.5 Å². The minimum Gasteiger partial charge on any atom is -0.345 e. The van der Waals surface area contributed by atoms with Crippen LogP contribution in [0.15, 0.2) is 24.3 Å². The highest BCUT2D eigenvalue weighted by atomic mass is 19.1. The summed E-state index contributed by atoms with van der Waals surface area (Å²) in [6.07, 6.45) is 1.90. The van der Waals surface area contributed by atoms with Crippen LogP contribution in [0, 0.1) is 17.7 Å². The number of hydrazine groups is 1. The number of nitrogens with one attached hydrogen (secondary N) is 2. The van der Waals surface area contributed by atoms with Crippen LogP contribution in [0.5, 0.6) is 0 Å². The third-order valence-electron chi connectivity index (χ3n) is 5.82. The van der Waals surface area contributed by atoms with Crippen LogP contribution in [-0.2, 0) is 4.79 Å². The van der Waals surface area contributed by atoms with E-state index in [0.717, 1.165) is 38.0 Å². The van der Waals surface area contributed by atoms with Crippen LogP contribution in [0.2, 0.25) is 0 Å². The molecule has 2 aliphatic heterocycles. The van der Waals surface area contributed by atoms with Crippen molar-refractivity contribution in [2.75, 3.05) is 33.2 Å². The van der Waals surface area contributed by atoms with Crippen LogP contribution in [0.25, 0.3) is 0 Å². The van der Waals surface area contributed by atoms with Crippen molar-refractivity contribution in [3.63, 3.8) is 0 Å². The van der Waals surface area contributed by atoms with Crippen molar-refractivity contribution in [2.24, 2.45) is 11.8 Å². The normalized spacial score (nSPS) is 25.0. The minimum absolute atomic E-state index is 0.0913. The Morgan fingerprint density at radius 1 is 1.27 bits per heavy atom. The van der Waals surface area contributed by atoms with Crippen LogP contribution in [0.4, 0.5) is 4.39 Å². The van der Waals surface area contributed by atoms with Crippen molar-refractivity contribution < 1.29 is 9.18 Å². The summed E-state index contributed by atoms with van der Waals surface area (Å²) in [4.78, 5) is 17.2. The SMILES string of the molecule is CC(C)N1CCC(C(=O)N(C)CC2CNNC2c2ccc(F)cc2)CC1. The molecule has 2 unspecified atom stereocenters. The number of piperidine rings is 1. The molecule has 6 heteroatoms. The van der Waals surface area contributed by atoms with Crippen LogP contribution in [0.1, 0.15) is 38.3 Å². The molecule has 0 spiro atoms. The van der Waals surface area contributed by atoms with Crippen molar-refractivity contribution >= 4 is 5.91 Å². The number of benzene rings is 1. The van der Waals surface area contributed by atoms with Crippen molar-refractivity contribution in [3.05, 3.63) is 35.6 Å². The predicted molar refractivity (Wildman–Crippen MR) is 101 cm³/mol. The molecular weight excluding hydrogens is 331 g/mol. The molecule has 2 aliphatic rings. The summed E-state index contributed by atoms with van der Waals surface area (Å²) in [5, 5.41) is 0. The molecule has 0 saturated carbocycles. The van der Waals surface area contributed by atoms with E-state index in [0.29, 0.717) is 12.6 Å². The second-order valence-corrected chi connectivity index (χ2v) is 7.94. The molecule has 3 rings (SSSR count). The first-order chi connectivity index (χ1) is 12.5. The summed E-state index contributed by atoms with van der Waals surface area (Å²) >= 11 is 0. The largest absolute Gasteiger partial charge is 0.345 e. The fraction of sp³-hybridized carbons (Fsp3) is 0.650. The Bertz CT molecular complexity index is 598. The molecule has 0 radical (unpaired) electrons. The fourth-order valence-electron chi connectivity index (χ4n) is 4.15. The standard InChI is InChI=1S/C20H31FN4O/c1-14(2)25-10-8-16(9-11-25)20(26)24(3)13-17-12-22-23-19(17)15-4-6-18(21)7-5-15/h4-7,14,16-17,19,22-23H,8-13H2,1-3H3. The lowest BCUT2D eigenvalue weighted by Gasteiger charge is -2.36. The number of amides is 1. The molecule has 2 heterocycles. The smallest absolute Gasteiger partial charge is 0.225 e. The number of hydrogen-bond acceptors (Lipinski definition) is 4. The van der Waals surface area contributed by atoms with Gasteiger partial charge in [0.05, 0.1) is 6.04 Å². The predicted octanol–water partition coefficient (Wildman–Crippen LogP) is 2.17. The summed E-state index contributed by atoms with van der Waals surface area (Å²) < 4.78 is 13.2. The number of carbonyl (C=O) groups excluding carboxylic acids is 1. The maximum Gasteiger partial charge on any atom is 0.225 e. The molecule has 26 heavy (non-hydrogen) atoms. The molecule has 2 saturated heterocycles. The highest BCUT2D eigenvalue weighted by Crippen LogP contribution is 2.27.